The highest BCUT2D eigenvalue weighted by Crippen LogP contribution is 2.44. The third kappa shape index (κ3) is 5.48. The van der Waals surface area contributed by atoms with Gasteiger partial charge in [0.25, 0.3) is 0 Å². The first-order valence-corrected chi connectivity index (χ1v) is 19.5. The van der Waals surface area contributed by atoms with Crippen LogP contribution < -0.4 is 4.90 Å². The first-order valence-electron chi connectivity index (χ1n) is 18.7. The van der Waals surface area contributed by atoms with Crippen LogP contribution in [0.5, 0.6) is 0 Å². The molecule has 11 aromatic rings. The summed E-state index contributed by atoms with van der Waals surface area (Å²) >= 11 is 1.86. The van der Waals surface area contributed by atoms with E-state index >= 15 is 0 Å². The van der Waals surface area contributed by atoms with Crippen LogP contribution in [0.4, 0.5) is 17.1 Å². The number of nitrogens with zero attached hydrogens (tertiary/aromatic N) is 1. The van der Waals surface area contributed by atoms with E-state index in [2.05, 4.69) is 193 Å². The third-order valence-corrected chi connectivity index (χ3v) is 12.0. The van der Waals surface area contributed by atoms with E-state index in [9.17, 15) is 0 Å². The second-order valence-corrected chi connectivity index (χ2v) is 15.2. The maximum atomic E-state index is 6.26. The van der Waals surface area contributed by atoms with E-state index in [0.29, 0.717) is 0 Å². The van der Waals surface area contributed by atoms with Crippen LogP contribution in [0.15, 0.2) is 205 Å². The van der Waals surface area contributed by atoms with E-state index in [4.69, 9.17) is 4.42 Å². The van der Waals surface area contributed by atoms with Crippen LogP contribution in [0.2, 0.25) is 0 Å². The van der Waals surface area contributed by atoms with Crippen LogP contribution in [0.3, 0.4) is 0 Å². The van der Waals surface area contributed by atoms with E-state index in [1.807, 2.05) is 23.5 Å². The molecule has 9 aromatic carbocycles. The summed E-state index contributed by atoms with van der Waals surface area (Å²) < 4.78 is 8.87. The van der Waals surface area contributed by atoms with Crippen molar-refractivity contribution >= 4 is 81.3 Å². The fraction of sp³-hybridized carbons (Fsp3) is 0. The molecule has 0 N–H and O–H groups in total. The van der Waals surface area contributed by atoms with Gasteiger partial charge in [-0.3, -0.25) is 0 Å². The average molecular weight is 720 g/mol. The molecule has 0 amide bonds. The molecule has 55 heavy (non-hydrogen) atoms. The highest BCUT2D eigenvalue weighted by atomic mass is 32.1. The molecule has 0 bridgehead atoms. The van der Waals surface area contributed by atoms with Gasteiger partial charge in [0.2, 0.25) is 0 Å². The average Bonchev–Trinajstić information content (AvgIpc) is 3.82. The van der Waals surface area contributed by atoms with Crippen LogP contribution >= 0.6 is 11.3 Å². The van der Waals surface area contributed by atoms with Gasteiger partial charge in [0, 0.05) is 47.9 Å². The maximum absolute atomic E-state index is 6.26. The Kier molecular flexibility index (Phi) is 7.39. The number of benzene rings is 9. The van der Waals surface area contributed by atoms with Gasteiger partial charge < -0.3 is 9.32 Å². The summed E-state index contributed by atoms with van der Waals surface area (Å²) in [4.78, 5) is 2.40. The fourth-order valence-corrected chi connectivity index (χ4v) is 9.28. The van der Waals surface area contributed by atoms with Gasteiger partial charge in [0.1, 0.15) is 11.2 Å². The molecule has 0 saturated carbocycles. The summed E-state index contributed by atoms with van der Waals surface area (Å²) in [6.45, 7) is 0. The first-order chi connectivity index (χ1) is 27.2. The number of para-hydroxylation sites is 2. The van der Waals surface area contributed by atoms with Crippen LogP contribution in [-0.2, 0) is 0 Å². The number of furan rings is 1. The quantitative estimate of drug-likeness (QED) is 0.170. The Morgan fingerprint density at radius 2 is 1.00 bits per heavy atom. The number of thiophene rings is 1. The van der Waals surface area contributed by atoms with Crippen LogP contribution in [-0.4, -0.2) is 0 Å². The van der Waals surface area contributed by atoms with Crippen molar-refractivity contribution in [2.75, 3.05) is 4.90 Å². The lowest BCUT2D eigenvalue weighted by molar-refractivity contribution is 0.669. The molecule has 0 aliphatic rings. The van der Waals surface area contributed by atoms with Crippen molar-refractivity contribution in [2.24, 2.45) is 0 Å². The van der Waals surface area contributed by atoms with Crippen molar-refractivity contribution in [1.82, 2.24) is 0 Å². The zero-order chi connectivity index (χ0) is 36.3. The molecule has 0 radical (unpaired) electrons. The summed E-state index contributed by atoms with van der Waals surface area (Å²) in [5.41, 5.74) is 12.1. The number of hydrogen-bond donors (Lipinski definition) is 0. The van der Waals surface area contributed by atoms with Crippen molar-refractivity contribution in [3.8, 4) is 33.4 Å². The molecule has 0 saturated heterocycles. The Labute approximate surface area is 322 Å². The first kappa shape index (κ1) is 31.6. The van der Waals surface area contributed by atoms with Gasteiger partial charge in [-0.05, 0) is 105 Å². The molecule has 2 nitrogen and oxygen atoms in total. The molecule has 2 heterocycles. The summed E-state index contributed by atoms with van der Waals surface area (Å²) in [5, 5.41) is 7.38. The van der Waals surface area contributed by atoms with Gasteiger partial charge in [-0.15, -0.1) is 11.3 Å². The Morgan fingerprint density at radius 1 is 0.345 bits per heavy atom. The van der Waals surface area contributed by atoms with E-state index in [0.717, 1.165) is 50.1 Å². The predicted molar refractivity (Wildman–Crippen MR) is 235 cm³/mol. The topological polar surface area (TPSA) is 16.4 Å². The van der Waals surface area contributed by atoms with Gasteiger partial charge in [-0.1, -0.05) is 133 Å². The second kappa shape index (κ2) is 12.9. The summed E-state index contributed by atoms with van der Waals surface area (Å²) in [6.07, 6.45) is 0. The van der Waals surface area contributed by atoms with Crippen molar-refractivity contribution in [3.05, 3.63) is 200 Å². The van der Waals surface area contributed by atoms with E-state index < -0.39 is 0 Å². The second-order valence-electron chi connectivity index (χ2n) is 14.1. The lowest BCUT2D eigenvalue weighted by Crippen LogP contribution is -2.11. The Balaban J connectivity index is 1.05. The third-order valence-electron chi connectivity index (χ3n) is 10.9. The van der Waals surface area contributed by atoms with E-state index in [-0.39, 0.29) is 0 Å². The molecule has 2 aromatic heterocycles. The highest BCUT2D eigenvalue weighted by Gasteiger charge is 2.19. The Bertz CT molecular complexity index is 3220. The summed E-state index contributed by atoms with van der Waals surface area (Å²) in [5.74, 6) is 0. The van der Waals surface area contributed by atoms with Crippen molar-refractivity contribution in [3.63, 3.8) is 0 Å². The zero-order valence-electron chi connectivity index (χ0n) is 29.8. The molecule has 0 spiro atoms. The molecule has 0 atom stereocenters. The fourth-order valence-electron chi connectivity index (χ4n) is 8.14. The molecule has 3 heteroatoms. The molecule has 0 aliphatic carbocycles. The monoisotopic (exact) mass is 719 g/mol. The lowest BCUT2D eigenvalue weighted by atomic mass is 9.98. The summed E-state index contributed by atoms with van der Waals surface area (Å²) in [6, 6.07) is 72.4. The highest BCUT2D eigenvalue weighted by molar-refractivity contribution is 7.25. The minimum Gasteiger partial charge on any atom is -0.456 e. The normalized spacial score (nSPS) is 11.6. The van der Waals surface area contributed by atoms with Crippen LogP contribution in [0, 0.1) is 0 Å². The minimum atomic E-state index is 0.902. The number of rotatable bonds is 6. The van der Waals surface area contributed by atoms with Gasteiger partial charge in [0.05, 0.1) is 5.69 Å². The van der Waals surface area contributed by atoms with Gasteiger partial charge in [-0.25, -0.2) is 0 Å². The molecule has 0 fully saturated rings. The summed E-state index contributed by atoms with van der Waals surface area (Å²) in [7, 11) is 0. The van der Waals surface area contributed by atoms with E-state index in [1.165, 1.54) is 53.2 Å². The number of anilines is 3. The van der Waals surface area contributed by atoms with Crippen molar-refractivity contribution in [1.29, 1.82) is 0 Å². The minimum absolute atomic E-state index is 0.902. The molecule has 11 rings (SSSR count). The van der Waals surface area contributed by atoms with Crippen LogP contribution in [0.1, 0.15) is 0 Å². The molecular formula is C52H33NOS. The molecule has 0 aliphatic heterocycles. The SMILES string of the molecule is c1cc(-c2ccc3ccccc3c2)cc(N(c2ccc(-c3ccc4c(c3)oc3ccccc34)cc2)c2ccccc2-c2ccc3c(c2)sc2ccccc23)c1. The maximum Gasteiger partial charge on any atom is 0.136 e. The number of hydrogen-bond acceptors (Lipinski definition) is 3. The van der Waals surface area contributed by atoms with Crippen LogP contribution in [0.25, 0.3) is 86.3 Å². The Hall–Kier alpha value is -6.94. The molecule has 258 valence electrons. The smallest absolute Gasteiger partial charge is 0.136 e. The Morgan fingerprint density at radius 3 is 1.93 bits per heavy atom. The lowest BCUT2D eigenvalue weighted by Gasteiger charge is -2.28. The molecular weight excluding hydrogens is 687 g/mol. The number of fused-ring (bicyclic) bond motifs is 7. The zero-order valence-corrected chi connectivity index (χ0v) is 30.6. The van der Waals surface area contributed by atoms with E-state index in [1.54, 1.807) is 0 Å². The van der Waals surface area contributed by atoms with Crippen molar-refractivity contribution in [2.45, 2.75) is 0 Å². The van der Waals surface area contributed by atoms with Gasteiger partial charge >= 0.3 is 0 Å². The van der Waals surface area contributed by atoms with Crippen molar-refractivity contribution < 1.29 is 4.42 Å². The van der Waals surface area contributed by atoms with Gasteiger partial charge in [-0.2, -0.15) is 0 Å². The predicted octanol–water partition coefficient (Wildman–Crippen LogP) is 15.6. The standard InChI is InChI=1S/C52H33NOS/c1-2-11-36-30-38(21-20-34(36)10-1)37-12-9-13-42(31-37)53(41-26-22-35(23-27-41)39-24-28-45-44-15-4-7-18-49(44)54-50(45)32-39)48-17-6-3-14-43(48)40-25-29-47-46-16-5-8-19-51(46)55-52(47)33-40/h1-33H. The largest absolute Gasteiger partial charge is 0.456 e. The van der Waals surface area contributed by atoms with Gasteiger partial charge in [0.15, 0.2) is 0 Å². The molecule has 0 unspecified atom stereocenters.